The van der Waals surface area contributed by atoms with Gasteiger partial charge in [-0.05, 0) is 60.5 Å². The normalized spacial score (nSPS) is 11.6. The van der Waals surface area contributed by atoms with E-state index in [2.05, 4.69) is 0 Å². The van der Waals surface area contributed by atoms with Crippen LogP contribution >= 0.6 is 11.6 Å². The fraction of sp³-hybridized carbons (Fsp3) is 0.125. The lowest BCUT2D eigenvalue weighted by atomic mass is 10.2. The number of nitrogens with zero attached hydrogens (tertiary/aromatic N) is 1. The van der Waals surface area contributed by atoms with Gasteiger partial charge < -0.3 is 9.47 Å². The number of halogens is 1. The van der Waals surface area contributed by atoms with E-state index in [-0.39, 0.29) is 9.80 Å². The van der Waals surface area contributed by atoms with E-state index in [4.69, 9.17) is 21.1 Å². The first-order valence-electron chi connectivity index (χ1n) is 9.50. The SMILES string of the molecule is CCOc1cc(C=C(C#N)S(=O)(=O)c2ccc(Cl)cc2)ccc1OCc1ccccc1. The summed E-state index contributed by atoms with van der Waals surface area (Å²) in [6.45, 7) is 2.61. The van der Waals surface area contributed by atoms with Crippen LogP contribution in [0.3, 0.4) is 0 Å². The van der Waals surface area contributed by atoms with Crippen molar-refractivity contribution < 1.29 is 17.9 Å². The maximum atomic E-state index is 12.8. The van der Waals surface area contributed by atoms with E-state index in [0.29, 0.717) is 35.3 Å². The maximum absolute atomic E-state index is 12.8. The van der Waals surface area contributed by atoms with Crippen molar-refractivity contribution >= 4 is 27.5 Å². The summed E-state index contributed by atoms with van der Waals surface area (Å²) < 4.78 is 37.2. The van der Waals surface area contributed by atoms with Crippen LogP contribution in [0.15, 0.2) is 82.6 Å². The number of hydrogen-bond donors (Lipinski definition) is 0. The summed E-state index contributed by atoms with van der Waals surface area (Å²) in [5, 5.41) is 9.91. The third-order valence-corrected chi connectivity index (χ3v) is 6.26. The molecule has 3 aromatic carbocycles. The van der Waals surface area contributed by atoms with Gasteiger partial charge in [0, 0.05) is 5.02 Å². The Labute approximate surface area is 187 Å². The molecule has 0 unspecified atom stereocenters. The second kappa shape index (κ2) is 10.2. The number of nitriles is 1. The quantitative estimate of drug-likeness (QED) is 0.411. The molecule has 0 bridgehead atoms. The smallest absolute Gasteiger partial charge is 0.216 e. The van der Waals surface area contributed by atoms with E-state index in [1.807, 2.05) is 37.3 Å². The third-order valence-electron chi connectivity index (χ3n) is 4.33. The van der Waals surface area contributed by atoms with Gasteiger partial charge in [-0.15, -0.1) is 0 Å². The van der Waals surface area contributed by atoms with Gasteiger partial charge in [0.25, 0.3) is 0 Å². The highest BCUT2D eigenvalue weighted by Gasteiger charge is 2.21. The first kappa shape index (κ1) is 22.4. The first-order chi connectivity index (χ1) is 14.9. The lowest BCUT2D eigenvalue weighted by Crippen LogP contribution is -2.03. The van der Waals surface area contributed by atoms with E-state index in [0.717, 1.165) is 5.56 Å². The Bertz CT molecular complexity index is 1210. The van der Waals surface area contributed by atoms with Crippen LogP contribution in [0, 0.1) is 11.3 Å². The predicted octanol–water partition coefficient (Wildman–Crippen LogP) is 5.66. The summed E-state index contributed by atoms with van der Waals surface area (Å²) >= 11 is 5.83. The summed E-state index contributed by atoms with van der Waals surface area (Å²) in [5.41, 5.74) is 1.51. The molecule has 5 nitrogen and oxygen atoms in total. The molecule has 0 amide bonds. The minimum absolute atomic E-state index is 0.00227. The van der Waals surface area contributed by atoms with Crippen LogP contribution in [-0.4, -0.2) is 15.0 Å². The van der Waals surface area contributed by atoms with Gasteiger partial charge >= 0.3 is 0 Å². The molecule has 0 aliphatic carbocycles. The molecule has 0 heterocycles. The minimum atomic E-state index is -3.98. The van der Waals surface area contributed by atoms with Crippen molar-refractivity contribution in [3.8, 4) is 17.6 Å². The zero-order chi connectivity index (χ0) is 22.3. The molecule has 0 aliphatic heterocycles. The highest BCUT2D eigenvalue weighted by Crippen LogP contribution is 2.31. The molecule has 0 N–H and O–H groups in total. The summed E-state index contributed by atoms with van der Waals surface area (Å²) in [6.07, 6.45) is 1.31. The zero-order valence-electron chi connectivity index (χ0n) is 16.8. The van der Waals surface area contributed by atoms with Gasteiger partial charge in [-0.25, -0.2) is 8.42 Å². The first-order valence-corrected chi connectivity index (χ1v) is 11.4. The van der Waals surface area contributed by atoms with Crippen LogP contribution < -0.4 is 9.47 Å². The molecule has 3 aromatic rings. The van der Waals surface area contributed by atoms with Crippen molar-refractivity contribution in [3.05, 3.63) is 93.9 Å². The van der Waals surface area contributed by atoms with Crippen LogP contribution in [0.1, 0.15) is 18.1 Å². The van der Waals surface area contributed by atoms with Crippen molar-refractivity contribution in [2.24, 2.45) is 0 Å². The van der Waals surface area contributed by atoms with Crippen LogP contribution in [0.2, 0.25) is 5.02 Å². The van der Waals surface area contributed by atoms with Gasteiger partial charge in [0.2, 0.25) is 9.84 Å². The molecule has 0 saturated carbocycles. The molecule has 31 heavy (non-hydrogen) atoms. The number of rotatable bonds is 8. The van der Waals surface area contributed by atoms with Gasteiger partial charge in [0.15, 0.2) is 11.5 Å². The standard InChI is InChI=1S/C24H20ClNO4S/c1-2-29-24-15-19(8-13-23(24)30-17-18-6-4-3-5-7-18)14-22(16-26)31(27,28)21-11-9-20(25)10-12-21/h3-15H,2,17H2,1H3. The third kappa shape index (κ3) is 5.66. The molecule has 0 spiro atoms. The molecule has 0 atom stereocenters. The van der Waals surface area contributed by atoms with E-state index >= 15 is 0 Å². The molecule has 0 saturated heterocycles. The highest BCUT2D eigenvalue weighted by molar-refractivity contribution is 7.95. The number of allylic oxidation sites excluding steroid dienone is 1. The number of benzene rings is 3. The molecule has 7 heteroatoms. The van der Waals surface area contributed by atoms with E-state index < -0.39 is 9.84 Å². The van der Waals surface area contributed by atoms with E-state index in [1.54, 1.807) is 24.3 Å². The Kier molecular flexibility index (Phi) is 7.35. The van der Waals surface area contributed by atoms with Crippen LogP contribution in [0.5, 0.6) is 11.5 Å². The van der Waals surface area contributed by atoms with Crippen molar-refractivity contribution in [2.75, 3.05) is 6.61 Å². The fourth-order valence-corrected chi connectivity index (χ4v) is 4.09. The van der Waals surface area contributed by atoms with Crippen molar-refractivity contribution in [1.82, 2.24) is 0 Å². The van der Waals surface area contributed by atoms with Crippen molar-refractivity contribution in [2.45, 2.75) is 18.4 Å². The van der Waals surface area contributed by atoms with E-state index in [9.17, 15) is 13.7 Å². The summed E-state index contributed by atoms with van der Waals surface area (Å²) in [7, 11) is -3.98. The molecule has 3 rings (SSSR count). The van der Waals surface area contributed by atoms with Gasteiger partial charge in [-0.2, -0.15) is 5.26 Å². The Morgan fingerprint density at radius 2 is 1.71 bits per heavy atom. The molecule has 0 radical (unpaired) electrons. The number of sulfone groups is 1. The Morgan fingerprint density at radius 3 is 2.35 bits per heavy atom. The van der Waals surface area contributed by atoms with Crippen molar-refractivity contribution in [3.63, 3.8) is 0 Å². The maximum Gasteiger partial charge on any atom is 0.216 e. The topological polar surface area (TPSA) is 76.4 Å². The molecule has 0 fully saturated rings. The summed E-state index contributed by atoms with van der Waals surface area (Å²) in [4.78, 5) is -0.382. The highest BCUT2D eigenvalue weighted by atomic mass is 35.5. The van der Waals surface area contributed by atoms with Crippen LogP contribution in [-0.2, 0) is 16.4 Å². The number of ether oxygens (including phenoxy) is 2. The number of hydrogen-bond acceptors (Lipinski definition) is 5. The average Bonchev–Trinajstić information content (AvgIpc) is 2.78. The van der Waals surface area contributed by atoms with Gasteiger partial charge in [-0.3, -0.25) is 0 Å². The molecular weight excluding hydrogens is 434 g/mol. The fourth-order valence-electron chi connectivity index (χ4n) is 2.80. The van der Waals surface area contributed by atoms with E-state index in [1.165, 1.54) is 30.3 Å². The summed E-state index contributed by atoms with van der Waals surface area (Å²) in [6, 6.07) is 22.2. The average molecular weight is 454 g/mol. The van der Waals surface area contributed by atoms with Gasteiger partial charge in [0.05, 0.1) is 11.5 Å². The second-order valence-electron chi connectivity index (χ2n) is 6.49. The predicted molar refractivity (Wildman–Crippen MR) is 121 cm³/mol. The molecule has 158 valence electrons. The minimum Gasteiger partial charge on any atom is -0.490 e. The summed E-state index contributed by atoms with van der Waals surface area (Å²) in [5.74, 6) is 0.996. The second-order valence-corrected chi connectivity index (χ2v) is 8.85. The Hall–Kier alpha value is -3.27. The molecule has 0 aromatic heterocycles. The molecular formula is C24H20ClNO4S. The zero-order valence-corrected chi connectivity index (χ0v) is 18.4. The monoisotopic (exact) mass is 453 g/mol. The van der Waals surface area contributed by atoms with Gasteiger partial charge in [-0.1, -0.05) is 48.0 Å². The van der Waals surface area contributed by atoms with Crippen LogP contribution in [0.25, 0.3) is 6.08 Å². The lowest BCUT2D eigenvalue weighted by Gasteiger charge is -2.13. The Morgan fingerprint density at radius 1 is 1.00 bits per heavy atom. The van der Waals surface area contributed by atoms with Gasteiger partial charge in [0.1, 0.15) is 17.6 Å². The van der Waals surface area contributed by atoms with Crippen molar-refractivity contribution in [1.29, 1.82) is 5.26 Å². The van der Waals surface area contributed by atoms with Crippen LogP contribution in [0.4, 0.5) is 0 Å². The molecule has 0 aliphatic rings. The largest absolute Gasteiger partial charge is 0.490 e. The lowest BCUT2D eigenvalue weighted by molar-refractivity contribution is 0.269. The Balaban J connectivity index is 1.90.